The Bertz CT molecular complexity index is 1440. The molecule has 0 amide bonds. The molecule has 0 atom stereocenters. The fourth-order valence-corrected chi connectivity index (χ4v) is 4.24. The number of ether oxygens (including phenoxy) is 3. The van der Waals surface area contributed by atoms with Gasteiger partial charge in [0.15, 0.2) is 16.9 Å². The second kappa shape index (κ2) is 9.11. The van der Waals surface area contributed by atoms with Gasteiger partial charge < -0.3 is 18.6 Å². The number of carbonyl (C=O) groups excluding carboxylic acids is 1. The van der Waals surface area contributed by atoms with Crippen LogP contribution in [0.15, 0.2) is 68.3 Å². The van der Waals surface area contributed by atoms with Gasteiger partial charge in [-0.2, -0.15) is 0 Å². The first-order chi connectivity index (χ1) is 15.8. The second-order valence-electron chi connectivity index (χ2n) is 7.38. The molecule has 0 fully saturated rings. The van der Waals surface area contributed by atoms with Crippen LogP contribution in [0.5, 0.6) is 17.2 Å². The topological polar surface area (TPSA) is 75.0 Å². The molecule has 0 aliphatic rings. The fraction of sp³-hybridized carbons (Fsp3) is 0.154. The highest BCUT2D eigenvalue weighted by atomic mass is 79.9. The molecular formula is C26H21BrO6. The molecular weight excluding hydrogens is 488 g/mol. The normalized spacial score (nSPS) is 10.8. The van der Waals surface area contributed by atoms with E-state index in [0.717, 1.165) is 0 Å². The molecule has 0 saturated heterocycles. The molecule has 0 aliphatic heterocycles. The molecule has 168 valence electrons. The lowest BCUT2D eigenvalue weighted by atomic mass is 10.1. The van der Waals surface area contributed by atoms with Crippen LogP contribution in [-0.4, -0.2) is 20.2 Å². The molecule has 33 heavy (non-hydrogen) atoms. The molecule has 1 aromatic heterocycles. The van der Waals surface area contributed by atoms with Crippen molar-refractivity contribution >= 4 is 32.7 Å². The first-order valence-corrected chi connectivity index (χ1v) is 10.9. The molecule has 1 heterocycles. The van der Waals surface area contributed by atoms with Crippen molar-refractivity contribution in [3.63, 3.8) is 0 Å². The molecule has 0 spiro atoms. The van der Waals surface area contributed by atoms with Gasteiger partial charge in [0.25, 0.3) is 0 Å². The smallest absolute Gasteiger partial charge is 0.344 e. The van der Waals surface area contributed by atoms with Gasteiger partial charge in [0.2, 0.25) is 0 Å². The van der Waals surface area contributed by atoms with E-state index < -0.39 is 5.97 Å². The van der Waals surface area contributed by atoms with Crippen molar-refractivity contribution in [2.24, 2.45) is 0 Å². The Morgan fingerprint density at radius 3 is 2.18 bits per heavy atom. The minimum absolute atomic E-state index is 0.229. The van der Waals surface area contributed by atoms with Crippen LogP contribution in [0.4, 0.5) is 0 Å². The first-order valence-electron chi connectivity index (χ1n) is 10.1. The monoisotopic (exact) mass is 508 g/mol. The lowest BCUT2D eigenvalue weighted by Crippen LogP contribution is -2.09. The maximum absolute atomic E-state index is 13.2. The van der Waals surface area contributed by atoms with E-state index in [2.05, 4.69) is 15.9 Å². The lowest BCUT2D eigenvalue weighted by Gasteiger charge is -2.10. The van der Waals surface area contributed by atoms with Crippen LogP contribution in [0.25, 0.3) is 21.9 Å². The maximum Gasteiger partial charge on any atom is 0.344 e. The van der Waals surface area contributed by atoms with Crippen molar-refractivity contribution in [1.29, 1.82) is 0 Å². The van der Waals surface area contributed by atoms with Crippen molar-refractivity contribution in [2.45, 2.75) is 13.8 Å². The van der Waals surface area contributed by atoms with Gasteiger partial charge in [-0.3, -0.25) is 4.79 Å². The zero-order valence-corrected chi connectivity index (χ0v) is 20.1. The Kier molecular flexibility index (Phi) is 6.24. The molecule has 0 bridgehead atoms. The van der Waals surface area contributed by atoms with Crippen LogP contribution in [0, 0.1) is 13.8 Å². The van der Waals surface area contributed by atoms with E-state index in [-0.39, 0.29) is 11.2 Å². The van der Waals surface area contributed by atoms with Crippen LogP contribution >= 0.6 is 15.9 Å². The highest BCUT2D eigenvalue weighted by Gasteiger charge is 2.20. The molecule has 0 saturated carbocycles. The van der Waals surface area contributed by atoms with Gasteiger partial charge in [-0.25, -0.2) is 4.79 Å². The third-order valence-corrected chi connectivity index (χ3v) is 6.03. The summed E-state index contributed by atoms with van der Waals surface area (Å²) in [5, 5.41) is 0.832. The molecule has 4 rings (SSSR count). The fourth-order valence-electron chi connectivity index (χ4n) is 3.79. The summed E-state index contributed by atoms with van der Waals surface area (Å²) >= 11 is 3.38. The average Bonchev–Trinajstić information content (AvgIpc) is 3.02. The summed E-state index contributed by atoms with van der Waals surface area (Å²) in [6.45, 7) is 3.45. The Morgan fingerprint density at radius 1 is 0.818 bits per heavy atom. The number of hydrogen-bond acceptors (Lipinski definition) is 6. The highest BCUT2D eigenvalue weighted by Crippen LogP contribution is 2.36. The summed E-state index contributed by atoms with van der Waals surface area (Å²) in [7, 11) is 3.09. The van der Waals surface area contributed by atoms with Crippen LogP contribution in [0.2, 0.25) is 0 Å². The van der Waals surface area contributed by atoms with E-state index in [1.165, 1.54) is 6.07 Å². The molecule has 0 radical (unpaired) electrons. The van der Waals surface area contributed by atoms with E-state index in [9.17, 15) is 9.59 Å². The van der Waals surface area contributed by atoms with Gasteiger partial charge >= 0.3 is 5.97 Å². The van der Waals surface area contributed by atoms with Crippen molar-refractivity contribution in [1.82, 2.24) is 0 Å². The maximum atomic E-state index is 13.2. The van der Waals surface area contributed by atoms with Crippen molar-refractivity contribution in [2.75, 3.05) is 14.2 Å². The Labute approximate surface area is 198 Å². The van der Waals surface area contributed by atoms with Crippen LogP contribution < -0.4 is 19.6 Å². The number of rotatable bonds is 5. The summed E-state index contributed by atoms with van der Waals surface area (Å²) in [4.78, 5) is 26.2. The predicted molar refractivity (Wildman–Crippen MR) is 130 cm³/mol. The van der Waals surface area contributed by atoms with Crippen LogP contribution in [0.3, 0.4) is 0 Å². The number of methoxy groups -OCH3 is 2. The number of halogens is 1. The molecule has 6 nitrogen and oxygen atoms in total. The van der Waals surface area contributed by atoms with E-state index in [4.69, 9.17) is 18.6 Å². The van der Waals surface area contributed by atoms with Gasteiger partial charge in [0, 0.05) is 4.47 Å². The van der Waals surface area contributed by atoms with Gasteiger partial charge in [0.1, 0.15) is 17.3 Å². The number of aryl methyl sites for hydroxylation is 2. The average molecular weight is 509 g/mol. The van der Waals surface area contributed by atoms with Gasteiger partial charge in [0.05, 0.1) is 30.6 Å². The van der Waals surface area contributed by atoms with Gasteiger partial charge in [-0.05, 0) is 77.3 Å². The number of furan rings is 1. The highest BCUT2D eigenvalue weighted by molar-refractivity contribution is 9.10. The Morgan fingerprint density at radius 2 is 1.48 bits per heavy atom. The minimum atomic E-state index is -0.557. The molecule has 0 N–H and O–H groups in total. The minimum Gasteiger partial charge on any atom is -0.493 e. The molecule has 7 heteroatoms. The quantitative estimate of drug-likeness (QED) is 0.304. The third kappa shape index (κ3) is 4.24. The van der Waals surface area contributed by atoms with Crippen molar-refractivity contribution < 1.29 is 23.4 Å². The lowest BCUT2D eigenvalue weighted by molar-refractivity contribution is 0.0736. The van der Waals surface area contributed by atoms with E-state index in [0.29, 0.717) is 55.0 Å². The standard InChI is InChI=1S/C26H21BrO6/c1-14-24-20(28)11-17(16-9-10-21(30-3)22(12-16)31-4)13-23(25(24)15(2)32-14)33-26(29)18-7-5-6-8-19(18)27/h5-13H,1-4H3. The third-order valence-electron chi connectivity index (χ3n) is 5.34. The van der Waals surface area contributed by atoms with E-state index >= 15 is 0 Å². The number of benzene rings is 2. The summed E-state index contributed by atoms with van der Waals surface area (Å²) in [5.41, 5.74) is 1.39. The zero-order valence-electron chi connectivity index (χ0n) is 18.5. The predicted octanol–water partition coefficient (Wildman–Crippen LogP) is 6.08. The van der Waals surface area contributed by atoms with Crippen molar-refractivity contribution in [3.05, 3.63) is 86.4 Å². The zero-order chi connectivity index (χ0) is 23.7. The number of fused-ring (bicyclic) bond motifs is 1. The summed E-state index contributed by atoms with van der Waals surface area (Å²) < 4.78 is 22.9. The molecule has 0 aliphatic carbocycles. The summed E-state index contributed by atoms with van der Waals surface area (Å²) in [6, 6.07) is 15.5. The SMILES string of the molecule is COc1ccc(-c2cc(OC(=O)c3ccccc3Br)c3c(C)oc(C)c3c(=O)c2)cc1OC. The van der Waals surface area contributed by atoms with Crippen LogP contribution in [0.1, 0.15) is 21.9 Å². The van der Waals surface area contributed by atoms with Gasteiger partial charge in [-0.1, -0.05) is 18.2 Å². The summed E-state index contributed by atoms with van der Waals surface area (Å²) in [6.07, 6.45) is 0. The largest absolute Gasteiger partial charge is 0.493 e. The molecule has 3 aromatic carbocycles. The Hall–Kier alpha value is -3.58. The number of esters is 1. The number of hydrogen-bond donors (Lipinski definition) is 0. The van der Waals surface area contributed by atoms with E-state index in [1.807, 2.05) is 12.1 Å². The van der Waals surface area contributed by atoms with Gasteiger partial charge in [-0.15, -0.1) is 0 Å². The first kappa shape index (κ1) is 22.6. The summed E-state index contributed by atoms with van der Waals surface area (Å²) in [5.74, 6) is 1.70. The van der Waals surface area contributed by atoms with E-state index in [1.54, 1.807) is 64.5 Å². The van der Waals surface area contributed by atoms with Crippen molar-refractivity contribution in [3.8, 4) is 28.4 Å². The van der Waals surface area contributed by atoms with Crippen LogP contribution in [-0.2, 0) is 0 Å². The number of carbonyl (C=O) groups is 1. The molecule has 4 aromatic rings. The Balaban J connectivity index is 1.95. The second-order valence-corrected chi connectivity index (χ2v) is 8.23. The molecule has 0 unspecified atom stereocenters.